The molecule has 0 aliphatic heterocycles. The first-order valence-corrected chi connectivity index (χ1v) is 11.2. The van der Waals surface area contributed by atoms with Crippen molar-refractivity contribution in [1.29, 1.82) is 0 Å². The highest BCUT2D eigenvalue weighted by atomic mass is 32.2. The van der Waals surface area contributed by atoms with Crippen LogP contribution in [0.15, 0.2) is 48.6 Å². The molecule has 0 aromatic carbocycles. The van der Waals surface area contributed by atoms with Crippen molar-refractivity contribution in [1.82, 2.24) is 0 Å². The first-order chi connectivity index (χ1) is 11.9. The number of thioether (sulfide) groups is 1. The topological polar surface area (TPSA) is 0 Å². The third-order valence-electron chi connectivity index (χ3n) is 3.72. The van der Waals surface area contributed by atoms with Gasteiger partial charge in [-0.25, -0.2) is 0 Å². The van der Waals surface area contributed by atoms with Crippen LogP contribution in [-0.2, 0) is 0 Å². The minimum absolute atomic E-state index is 1.06. The Balaban J connectivity index is 3.33. The molecule has 0 fully saturated rings. The van der Waals surface area contributed by atoms with Crippen molar-refractivity contribution in [2.24, 2.45) is 0 Å². The van der Waals surface area contributed by atoms with Gasteiger partial charge in [0.05, 0.1) is 0 Å². The number of allylic oxidation sites excluding steroid dienone is 8. The Kier molecular flexibility index (Phi) is 21.7. The zero-order valence-electron chi connectivity index (χ0n) is 16.2. The molecule has 0 aliphatic rings. The molecule has 0 amide bonds. The van der Waals surface area contributed by atoms with Gasteiger partial charge in [-0.2, -0.15) is 11.8 Å². The molecule has 0 aromatic rings. The van der Waals surface area contributed by atoms with Gasteiger partial charge in [-0.05, 0) is 69.3 Å². The van der Waals surface area contributed by atoms with Gasteiger partial charge in [-0.15, -0.1) is 0 Å². The van der Waals surface area contributed by atoms with E-state index < -0.39 is 0 Å². The van der Waals surface area contributed by atoms with Crippen LogP contribution in [0, 0.1) is 0 Å². The van der Waals surface area contributed by atoms with E-state index >= 15 is 0 Å². The molecule has 0 spiro atoms. The molecule has 0 unspecified atom stereocenters. The van der Waals surface area contributed by atoms with Crippen LogP contribution in [0.4, 0.5) is 0 Å². The van der Waals surface area contributed by atoms with Crippen LogP contribution in [0.5, 0.6) is 0 Å². The van der Waals surface area contributed by atoms with Gasteiger partial charge in [-0.3, -0.25) is 0 Å². The van der Waals surface area contributed by atoms with Crippen molar-refractivity contribution in [3.05, 3.63) is 48.6 Å². The van der Waals surface area contributed by atoms with Gasteiger partial charge in [-0.1, -0.05) is 75.3 Å². The summed E-state index contributed by atoms with van der Waals surface area (Å²) in [5.41, 5.74) is 0. The summed E-state index contributed by atoms with van der Waals surface area (Å²) >= 11 is 2.10. The van der Waals surface area contributed by atoms with Crippen molar-refractivity contribution < 1.29 is 0 Å². The Morgan fingerprint density at radius 2 is 1.00 bits per heavy atom. The molecule has 0 bridgehead atoms. The van der Waals surface area contributed by atoms with E-state index in [1.807, 2.05) is 0 Å². The standard InChI is InChI=1S/C23H40S/c1-3-5-6-7-8-9-10-11-12-13-14-15-16-17-18-19-20-21-23-24-22-4-2/h8-9,11-12,14-15,17-18H,3-7,10,13,16,19-23H2,1-2H3/b9-8-,12-11-,15-14-,18-17-. The molecular weight excluding hydrogens is 308 g/mol. The minimum Gasteiger partial charge on any atom is -0.162 e. The second-order valence-corrected chi connectivity index (χ2v) is 7.42. The number of hydrogen-bond acceptors (Lipinski definition) is 1. The number of hydrogen-bond donors (Lipinski definition) is 0. The van der Waals surface area contributed by atoms with Crippen molar-refractivity contribution in [2.75, 3.05) is 11.5 Å². The van der Waals surface area contributed by atoms with E-state index in [-0.39, 0.29) is 0 Å². The van der Waals surface area contributed by atoms with E-state index in [0.29, 0.717) is 0 Å². The first kappa shape index (κ1) is 23.3. The third kappa shape index (κ3) is 21.3. The van der Waals surface area contributed by atoms with E-state index in [4.69, 9.17) is 0 Å². The van der Waals surface area contributed by atoms with Gasteiger partial charge in [0.2, 0.25) is 0 Å². The van der Waals surface area contributed by atoms with Crippen LogP contribution in [0.1, 0.15) is 84.5 Å². The zero-order valence-corrected chi connectivity index (χ0v) is 17.0. The minimum atomic E-state index is 1.06. The van der Waals surface area contributed by atoms with Crippen molar-refractivity contribution >= 4 is 11.8 Å². The molecule has 138 valence electrons. The lowest BCUT2D eigenvalue weighted by Gasteiger charge is -1.97. The average Bonchev–Trinajstić information content (AvgIpc) is 2.60. The summed E-state index contributed by atoms with van der Waals surface area (Å²) in [5, 5.41) is 0. The lowest BCUT2D eigenvalue weighted by Crippen LogP contribution is -1.81. The van der Waals surface area contributed by atoms with Crippen molar-refractivity contribution in [2.45, 2.75) is 84.5 Å². The van der Waals surface area contributed by atoms with Crippen LogP contribution in [0.3, 0.4) is 0 Å². The van der Waals surface area contributed by atoms with Crippen molar-refractivity contribution in [3.63, 3.8) is 0 Å². The molecule has 0 nitrogen and oxygen atoms in total. The number of rotatable bonds is 17. The molecule has 0 atom stereocenters. The molecule has 0 radical (unpaired) electrons. The summed E-state index contributed by atoms with van der Waals surface area (Å²) in [6.07, 6.45) is 32.1. The first-order valence-electron chi connectivity index (χ1n) is 10.1. The predicted octanol–water partition coefficient (Wildman–Crippen LogP) is 8.28. The molecule has 24 heavy (non-hydrogen) atoms. The Bertz CT molecular complexity index is 336. The molecule has 0 heterocycles. The van der Waals surface area contributed by atoms with E-state index in [9.17, 15) is 0 Å². The van der Waals surface area contributed by atoms with Crippen LogP contribution >= 0.6 is 11.8 Å². The summed E-state index contributed by atoms with van der Waals surface area (Å²) in [7, 11) is 0. The molecule has 1 heteroatoms. The van der Waals surface area contributed by atoms with Crippen LogP contribution in [0.25, 0.3) is 0 Å². The molecule has 0 saturated heterocycles. The maximum Gasteiger partial charge on any atom is -0.00674 e. The Morgan fingerprint density at radius 3 is 1.50 bits per heavy atom. The van der Waals surface area contributed by atoms with E-state index in [1.54, 1.807) is 0 Å². The van der Waals surface area contributed by atoms with Gasteiger partial charge >= 0.3 is 0 Å². The summed E-state index contributed by atoms with van der Waals surface area (Å²) in [6.45, 7) is 4.51. The normalized spacial score (nSPS) is 12.6. The Morgan fingerprint density at radius 1 is 0.500 bits per heavy atom. The SMILES string of the molecule is CCCCC/C=C\C/C=C\C/C=C\C/C=C\CCCCSCCC. The van der Waals surface area contributed by atoms with Gasteiger partial charge in [0.1, 0.15) is 0 Å². The smallest absolute Gasteiger partial charge is 0.00674 e. The highest BCUT2D eigenvalue weighted by Crippen LogP contribution is 2.07. The van der Waals surface area contributed by atoms with Crippen LogP contribution in [0.2, 0.25) is 0 Å². The molecule has 0 aliphatic carbocycles. The molecule has 0 rings (SSSR count). The third-order valence-corrected chi connectivity index (χ3v) is 4.99. The molecule has 0 N–H and O–H groups in total. The van der Waals surface area contributed by atoms with E-state index in [0.717, 1.165) is 19.3 Å². The average molecular weight is 349 g/mol. The van der Waals surface area contributed by atoms with Gasteiger partial charge in [0.15, 0.2) is 0 Å². The fraction of sp³-hybridized carbons (Fsp3) is 0.652. The van der Waals surface area contributed by atoms with Gasteiger partial charge < -0.3 is 0 Å². The second-order valence-electron chi connectivity index (χ2n) is 6.20. The van der Waals surface area contributed by atoms with Gasteiger partial charge in [0.25, 0.3) is 0 Å². The Hall–Kier alpha value is -0.690. The summed E-state index contributed by atoms with van der Waals surface area (Å²) in [4.78, 5) is 0. The fourth-order valence-corrected chi connectivity index (χ4v) is 3.17. The lowest BCUT2D eigenvalue weighted by atomic mass is 10.2. The van der Waals surface area contributed by atoms with Crippen molar-refractivity contribution in [3.8, 4) is 0 Å². The summed E-state index contributed by atoms with van der Waals surface area (Å²) < 4.78 is 0. The van der Waals surface area contributed by atoms with E-state index in [1.165, 1.54) is 62.9 Å². The summed E-state index contributed by atoms with van der Waals surface area (Å²) in [5.74, 6) is 2.66. The highest BCUT2D eigenvalue weighted by Gasteiger charge is 1.87. The predicted molar refractivity (Wildman–Crippen MR) is 116 cm³/mol. The maximum absolute atomic E-state index is 2.34. The summed E-state index contributed by atoms with van der Waals surface area (Å²) in [6, 6.07) is 0. The molecule has 0 aromatic heterocycles. The highest BCUT2D eigenvalue weighted by molar-refractivity contribution is 7.99. The lowest BCUT2D eigenvalue weighted by molar-refractivity contribution is 0.728. The fourth-order valence-electron chi connectivity index (χ4n) is 2.27. The van der Waals surface area contributed by atoms with Gasteiger partial charge in [0, 0.05) is 0 Å². The second kappa shape index (κ2) is 22.3. The largest absolute Gasteiger partial charge is 0.162 e. The zero-order chi connectivity index (χ0) is 17.6. The van der Waals surface area contributed by atoms with Crippen LogP contribution < -0.4 is 0 Å². The maximum atomic E-state index is 2.34. The van der Waals surface area contributed by atoms with E-state index in [2.05, 4.69) is 74.2 Å². The molecular formula is C23H40S. The molecule has 0 saturated carbocycles. The number of unbranched alkanes of at least 4 members (excludes halogenated alkanes) is 5. The quantitative estimate of drug-likeness (QED) is 0.188. The monoisotopic (exact) mass is 348 g/mol. The Labute approximate surface area is 156 Å². The van der Waals surface area contributed by atoms with Crippen LogP contribution in [-0.4, -0.2) is 11.5 Å².